The van der Waals surface area contributed by atoms with Gasteiger partial charge in [-0.05, 0) is 37.1 Å². The zero-order valence-corrected chi connectivity index (χ0v) is 18.9. The molecule has 170 valence electrons. The molecule has 0 aliphatic carbocycles. The van der Waals surface area contributed by atoms with Crippen LogP contribution in [-0.4, -0.2) is 65.4 Å². The second-order valence-corrected chi connectivity index (χ2v) is 7.81. The van der Waals surface area contributed by atoms with E-state index in [0.29, 0.717) is 17.8 Å². The Kier molecular flexibility index (Phi) is 7.05. The van der Waals surface area contributed by atoms with Crippen LogP contribution in [0.3, 0.4) is 0 Å². The van der Waals surface area contributed by atoms with Crippen molar-refractivity contribution in [3.63, 3.8) is 0 Å². The average Bonchev–Trinajstić information content (AvgIpc) is 3.20. The standard InChI is InChI=1S/C24H29N9/c1-27-24(32-16-14-31(15-17-32)22-11-5-6-12-28-22)29-13-7-10-21-20(18-25)23(26)33(30-21)19-8-3-2-4-9-19/h2-6,8-9,11-12H,7,10,13-17,26H2,1H3,(H,27,29). The van der Waals surface area contributed by atoms with E-state index >= 15 is 0 Å². The normalized spacial score (nSPS) is 14.2. The number of aryl methyl sites for hydroxylation is 1. The molecule has 0 saturated carbocycles. The third-order valence-corrected chi connectivity index (χ3v) is 5.74. The van der Waals surface area contributed by atoms with E-state index in [0.717, 1.165) is 62.3 Å². The third kappa shape index (κ3) is 5.06. The molecule has 9 nitrogen and oxygen atoms in total. The molecule has 2 aromatic heterocycles. The Morgan fingerprint density at radius 2 is 1.88 bits per heavy atom. The van der Waals surface area contributed by atoms with Gasteiger partial charge in [0.25, 0.3) is 0 Å². The number of nitrogen functional groups attached to an aromatic ring is 1. The number of nitrogens with zero attached hydrogens (tertiary/aromatic N) is 7. The fourth-order valence-electron chi connectivity index (χ4n) is 4.02. The number of pyridine rings is 1. The maximum absolute atomic E-state index is 9.58. The lowest BCUT2D eigenvalue weighted by molar-refractivity contribution is 0.371. The Bertz CT molecular complexity index is 1110. The third-order valence-electron chi connectivity index (χ3n) is 5.74. The van der Waals surface area contributed by atoms with E-state index < -0.39 is 0 Å². The molecule has 33 heavy (non-hydrogen) atoms. The number of anilines is 2. The van der Waals surface area contributed by atoms with Crippen LogP contribution in [0.1, 0.15) is 17.7 Å². The molecule has 1 saturated heterocycles. The van der Waals surface area contributed by atoms with E-state index in [1.807, 2.05) is 61.8 Å². The quantitative estimate of drug-likeness (QED) is 0.341. The second kappa shape index (κ2) is 10.5. The van der Waals surface area contributed by atoms with E-state index in [9.17, 15) is 5.26 Å². The minimum Gasteiger partial charge on any atom is -0.382 e. The van der Waals surface area contributed by atoms with Crippen molar-refractivity contribution in [2.24, 2.45) is 4.99 Å². The number of aromatic nitrogens is 3. The lowest BCUT2D eigenvalue weighted by Gasteiger charge is -2.37. The molecular weight excluding hydrogens is 414 g/mol. The predicted octanol–water partition coefficient (Wildman–Crippen LogP) is 2.05. The fourth-order valence-corrected chi connectivity index (χ4v) is 4.02. The number of hydrogen-bond donors (Lipinski definition) is 2. The Morgan fingerprint density at radius 1 is 1.12 bits per heavy atom. The summed E-state index contributed by atoms with van der Waals surface area (Å²) in [6, 6.07) is 17.8. The first kappa shape index (κ1) is 22.1. The molecule has 0 spiro atoms. The van der Waals surface area contributed by atoms with Crippen molar-refractivity contribution >= 4 is 17.6 Å². The molecule has 1 aromatic carbocycles. The fraction of sp³-hybridized carbons (Fsp3) is 0.333. The van der Waals surface area contributed by atoms with Crippen LogP contribution in [-0.2, 0) is 6.42 Å². The minimum absolute atomic E-state index is 0.383. The van der Waals surface area contributed by atoms with Crippen molar-refractivity contribution < 1.29 is 0 Å². The number of nitrogens with one attached hydrogen (secondary N) is 1. The van der Waals surface area contributed by atoms with E-state index in [-0.39, 0.29) is 0 Å². The number of benzene rings is 1. The van der Waals surface area contributed by atoms with Gasteiger partial charge in [-0.1, -0.05) is 24.3 Å². The molecule has 9 heteroatoms. The van der Waals surface area contributed by atoms with Crippen LogP contribution >= 0.6 is 0 Å². The summed E-state index contributed by atoms with van der Waals surface area (Å²) < 4.78 is 1.64. The first-order valence-corrected chi connectivity index (χ1v) is 11.2. The molecule has 0 unspecified atom stereocenters. The van der Waals surface area contributed by atoms with E-state index in [1.54, 1.807) is 4.68 Å². The van der Waals surface area contributed by atoms with Crippen LogP contribution in [0.5, 0.6) is 0 Å². The van der Waals surface area contributed by atoms with Crippen molar-refractivity contribution in [3.05, 3.63) is 66.0 Å². The highest BCUT2D eigenvalue weighted by molar-refractivity contribution is 5.80. The smallest absolute Gasteiger partial charge is 0.193 e. The first-order valence-electron chi connectivity index (χ1n) is 11.2. The van der Waals surface area contributed by atoms with Crippen molar-refractivity contribution in [2.75, 3.05) is 50.4 Å². The number of rotatable bonds is 6. The topological polar surface area (TPSA) is 111 Å². The van der Waals surface area contributed by atoms with Gasteiger partial charge in [0.15, 0.2) is 5.96 Å². The Balaban J connectivity index is 1.29. The van der Waals surface area contributed by atoms with Gasteiger partial charge in [-0.15, -0.1) is 0 Å². The Morgan fingerprint density at radius 3 is 2.55 bits per heavy atom. The summed E-state index contributed by atoms with van der Waals surface area (Å²) >= 11 is 0. The second-order valence-electron chi connectivity index (χ2n) is 7.81. The van der Waals surface area contributed by atoms with Gasteiger partial charge in [-0.25, -0.2) is 9.67 Å². The zero-order chi connectivity index (χ0) is 23.0. The van der Waals surface area contributed by atoms with Crippen LogP contribution in [0.25, 0.3) is 5.69 Å². The van der Waals surface area contributed by atoms with Crippen LogP contribution in [0.4, 0.5) is 11.6 Å². The van der Waals surface area contributed by atoms with E-state index in [2.05, 4.69) is 36.3 Å². The summed E-state index contributed by atoms with van der Waals surface area (Å²) in [7, 11) is 1.81. The van der Waals surface area contributed by atoms with Crippen molar-refractivity contribution in [2.45, 2.75) is 12.8 Å². The van der Waals surface area contributed by atoms with E-state index in [4.69, 9.17) is 5.73 Å². The van der Waals surface area contributed by atoms with Crippen molar-refractivity contribution in [1.29, 1.82) is 5.26 Å². The number of nitriles is 1. The molecule has 0 bridgehead atoms. The highest BCUT2D eigenvalue weighted by atomic mass is 15.4. The molecular formula is C24H29N9. The van der Waals surface area contributed by atoms with Gasteiger partial charge in [0, 0.05) is 46.0 Å². The molecule has 0 atom stereocenters. The van der Waals surface area contributed by atoms with E-state index in [1.165, 1.54) is 0 Å². The van der Waals surface area contributed by atoms with Crippen LogP contribution in [0, 0.1) is 11.3 Å². The maximum atomic E-state index is 9.58. The summed E-state index contributed by atoms with van der Waals surface area (Å²) in [6.45, 7) is 4.30. The van der Waals surface area contributed by atoms with Gasteiger partial charge in [-0.2, -0.15) is 10.4 Å². The largest absolute Gasteiger partial charge is 0.382 e. The lowest BCUT2D eigenvalue weighted by atomic mass is 10.1. The van der Waals surface area contributed by atoms with Gasteiger partial charge in [0.2, 0.25) is 0 Å². The molecule has 1 aliphatic heterocycles. The molecule has 3 aromatic rings. The summed E-state index contributed by atoms with van der Waals surface area (Å²) in [4.78, 5) is 13.5. The Labute approximate surface area is 194 Å². The van der Waals surface area contributed by atoms with Gasteiger partial charge in [-0.3, -0.25) is 4.99 Å². The SMILES string of the molecule is CN=C(NCCCc1nn(-c2ccccc2)c(N)c1C#N)N1CCN(c2ccccn2)CC1. The average molecular weight is 444 g/mol. The zero-order valence-electron chi connectivity index (χ0n) is 18.9. The van der Waals surface area contributed by atoms with Crippen LogP contribution < -0.4 is 16.0 Å². The number of piperazine rings is 1. The first-order chi connectivity index (χ1) is 16.2. The summed E-state index contributed by atoms with van der Waals surface area (Å²) in [5, 5.41) is 17.6. The lowest BCUT2D eigenvalue weighted by Crippen LogP contribution is -2.52. The highest BCUT2D eigenvalue weighted by Gasteiger charge is 2.20. The van der Waals surface area contributed by atoms with Crippen LogP contribution in [0.15, 0.2) is 59.7 Å². The van der Waals surface area contributed by atoms with Gasteiger partial charge in [0.1, 0.15) is 23.3 Å². The number of guanidine groups is 1. The summed E-state index contributed by atoms with van der Waals surface area (Å²) in [5.41, 5.74) is 8.22. The van der Waals surface area contributed by atoms with Gasteiger partial charge >= 0.3 is 0 Å². The summed E-state index contributed by atoms with van der Waals surface area (Å²) in [5.74, 6) is 2.29. The highest BCUT2D eigenvalue weighted by Crippen LogP contribution is 2.21. The van der Waals surface area contributed by atoms with Gasteiger partial charge in [0.05, 0.1) is 11.4 Å². The number of hydrogen-bond acceptors (Lipinski definition) is 6. The maximum Gasteiger partial charge on any atom is 0.193 e. The monoisotopic (exact) mass is 443 g/mol. The molecule has 1 aliphatic rings. The predicted molar refractivity (Wildman–Crippen MR) is 130 cm³/mol. The van der Waals surface area contributed by atoms with Crippen LogP contribution in [0.2, 0.25) is 0 Å². The molecule has 4 rings (SSSR count). The summed E-state index contributed by atoms with van der Waals surface area (Å²) in [6.07, 6.45) is 3.30. The van der Waals surface area contributed by atoms with Crippen molar-refractivity contribution in [3.8, 4) is 11.8 Å². The van der Waals surface area contributed by atoms with Gasteiger partial charge < -0.3 is 20.9 Å². The van der Waals surface area contributed by atoms with Crippen molar-refractivity contribution in [1.82, 2.24) is 25.0 Å². The number of para-hydroxylation sites is 1. The number of aliphatic imine (C=N–C) groups is 1. The minimum atomic E-state index is 0.383. The molecule has 1 fully saturated rings. The molecule has 0 amide bonds. The number of nitrogens with two attached hydrogens (primary N) is 1. The molecule has 3 heterocycles. The molecule has 3 N–H and O–H groups in total. The Hall–Kier alpha value is -4.06. The molecule has 0 radical (unpaired) electrons.